The van der Waals surface area contributed by atoms with Gasteiger partial charge in [-0.2, -0.15) is 0 Å². The van der Waals surface area contributed by atoms with E-state index >= 15 is 0 Å². The van der Waals surface area contributed by atoms with Crippen LogP contribution in [0.15, 0.2) is 12.2 Å². The lowest BCUT2D eigenvalue weighted by atomic mass is 10.1. The highest BCUT2D eigenvalue weighted by Gasteiger charge is 1.92. The number of unbranched alkanes of at least 4 members (excludes halogenated alkanes) is 10. The predicted octanol–water partition coefficient (Wildman–Crippen LogP) is 5.81. The second kappa shape index (κ2) is 15.8. The molecule has 0 rings (SSSR count). The van der Waals surface area contributed by atoms with Crippen LogP contribution in [0.25, 0.3) is 0 Å². The van der Waals surface area contributed by atoms with E-state index in [1.807, 2.05) is 0 Å². The molecule has 1 nitrogen and oxygen atoms in total. The minimum absolute atomic E-state index is 1.18. The van der Waals surface area contributed by atoms with Crippen LogP contribution in [0.1, 0.15) is 84.0 Å². The summed E-state index contributed by atoms with van der Waals surface area (Å²) in [5.41, 5.74) is 0. The number of hydrogen-bond acceptors (Lipinski definition) is 1. The Labute approximate surface area is 122 Å². The van der Waals surface area contributed by atoms with E-state index in [2.05, 4.69) is 38.1 Å². The third kappa shape index (κ3) is 17.7. The maximum atomic E-state index is 2.37. The largest absolute Gasteiger partial charge is 0.309 e. The van der Waals surface area contributed by atoms with Crippen LogP contribution in [0.5, 0.6) is 0 Å². The van der Waals surface area contributed by atoms with E-state index in [1.54, 1.807) is 0 Å². The maximum absolute atomic E-state index is 2.37. The van der Waals surface area contributed by atoms with E-state index in [0.717, 1.165) is 0 Å². The van der Waals surface area contributed by atoms with Crippen molar-refractivity contribution in [3.63, 3.8) is 0 Å². The number of allylic oxidation sites excluding steroid dienone is 1. The van der Waals surface area contributed by atoms with Crippen molar-refractivity contribution < 1.29 is 0 Å². The van der Waals surface area contributed by atoms with E-state index < -0.39 is 0 Å². The summed E-state index contributed by atoms with van der Waals surface area (Å²) in [6, 6.07) is 0. The van der Waals surface area contributed by atoms with E-state index in [0.29, 0.717) is 0 Å². The summed E-state index contributed by atoms with van der Waals surface area (Å²) in [5.74, 6) is 0. The zero-order valence-electron chi connectivity index (χ0n) is 13.8. The molecule has 0 bridgehead atoms. The van der Waals surface area contributed by atoms with E-state index in [-0.39, 0.29) is 0 Å². The summed E-state index contributed by atoms with van der Waals surface area (Å²) in [7, 11) is 4.27. The molecule has 0 fully saturated rings. The zero-order chi connectivity index (χ0) is 14.2. The first-order valence-electron chi connectivity index (χ1n) is 8.57. The van der Waals surface area contributed by atoms with Crippen molar-refractivity contribution in [1.29, 1.82) is 0 Å². The summed E-state index contributed by atoms with van der Waals surface area (Å²) in [4.78, 5) is 2.24. The first-order chi connectivity index (χ1) is 9.27. The quantitative estimate of drug-likeness (QED) is 0.284. The van der Waals surface area contributed by atoms with Crippen LogP contribution < -0.4 is 0 Å². The van der Waals surface area contributed by atoms with Gasteiger partial charge in [-0.1, -0.05) is 76.9 Å². The Hall–Kier alpha value is -0.300. The van der Waals surface area contributed by atoms with Crippen molar-refractivity contribution in [2.75, 3.05) is 20.6 Å². The minimum Gasteiger partial charge on any atom is -0.309 e. The monoisotopic (exact) mass is 267 g/mol. The number of nitrogens with zero attached hydrogens (tertiary/aromatic N) is 1. The lowest BCUT2D eigenvalue weighted by Gasteiger charge is -2.05. The fourth-order valence-corrected chi connectivity index (χ4v) is 2.32. The second-order valence-corrected chi connectivity index (χ2v) is 6.03. The lowest BCUT2D eigenvalue weighted by molar-refractivity contribution is 0.417. The highest BCUT2D eigenvalue weighted by Crippen LogP contribution is 2.11. The van der Waals surface area contributed by atoms with Crippen LogP contribution in [0.3, 0.4) is 0 Å². The molecule has 0 aliphatic rings. The average Bonchev–Trinajstić information content (AvgIpc) is 2.39. The molecule has 0 unspecified atom stereocenters. The molecule has 0 N–H and O–H groups in total. The molecule has 0 aliphatic heterocycles. The van der Waals surface area contributed by atoms with Crippen LogP contribution in [0.4, 0.5) is 0 Å². The standard InChI is InChI=1S/C18H37N/c1-4-5-6-7-8-9-10-11-12-13-14-15-16-17-18-19(2)3/h15-16H,4-14,17-18H2,1-3H3/b16-15+. The molecule has 0 spiro atoms. The van der Waals surface area contributed by atoms with Gasteiger partial charge in [0, 0.05) is 6.54 Å². The molecule has 1 heteroatoms. The van der Waals surface area contributed by atoms with Crippen molar-refractivity contribution in [1.82, 2.24) is 4.90 Å². The average molecular weight is 268 g/mol. The molecule has 0 atom stereocenters. The molecule has 0 aromatic carbocycles. The zero-order valence-corrected chi connectivity index (χ0v) is 13.8. The fourth-order valence-electron chi connectivity index (χ4n) is 2.32. The van der Waals surface area contributed by atoms with Crippen LogP contribution in [0, 0.1) is 0 Å². The fraction of sp³-hybridized carbons (Fsp3) is 0.889. The molecular formula is C18H37N. The van der Waals surface area contributed by atoms with Gasteiger partial charge in [0.2, 0.25) is 0 Å². The molecule has 0 aromatic heterocycles. The van der Waals surface area contributed by atoms with Crippen molar-refractivity contribution in [2.24, 2.45) is 0 Å². The molecule has 0 amide bonds. The van der Waals surface area contributed by atoms with Crippen molar-refractivity contribution in [2.45, 2.75) is 84.0 Å². The van der Waals surface area contributed by atoms with Gasteiger partial charge < -0.3 is 4.90 Å². The van der Waals surface area contributed by atoms with Gasteiger partial charge in [-0.05, 0) is 33.4 Å². The Balaban J connectivity index is 3.02. The van der Waals surface area contributed by atoms with Gasteiger partial charge >= 0.3 is 0 Å². The van der Waals surface area contributed by atoms with Crippen LogP contribution in [-0.2, 0) is 0 Å². The molecule has 0 saturated heterocycles. The number of hydrogen-bond donors (Lipinski definition) is 0. The number of rotatable bonds is 14. The summed E-state index contributed by atoms with van der Waals surface area (Å²) in [5, 5.41) is 0. The van der Waals surface area contributed by atoms with Gasteiger partial charge in [-0.15, -0.1) is 0 Å². The SMILES string of the molecule is CCCCCCCCCCCC/C=C/CCN(C)C. The van der Waals surface area contributed by atoms with E-state index in [4.69, 9.17) is 0 Å². The molecule has 0 radical (unpaired) electrons. The Bertz CT molecular complexity index is 184. The first-order valence-corrected chi connectivity index (χ1v) is 8.57. The summed E-state index contributed by atoms with van der Waals surface area (Å²) in [6.07, 6.45) is 21.5. The normalized spacial score (nSPS) is 11.8. The van der Waals surface area contributed by atoms with E-state index in [1.165, 1.54) is 83.6 Å². The third-order valence-electron chi connectivity index (χ3n) is 3.63. The van der Waals surface area contributed by atoms with Crippen molar-refractivity contribution in [3.05, 3.63) is 12.2 Å². The topological polar surface area (TPSA) is 3.24 Å². The molecule has 0 saturated carbocycles. The van der Waals surface area contributed by atoms with Crippen LogP contribution in [0.2, 0.25) is 0 Å². The summed E-state index contributed by atoms with van der Waals surface area (Å²) < 4.78 is 0. The molecule has 0 aliphatic carbocycles. The predicted molar refractivity (Wildman–Crippen MR) is 88.8 cm³/mol. The minimum atomic E-state index is 1.18. The second-order valence-electron chi connectivity index (χ2n) is 6.03. The Morgan fingerprint density at radius 1 is 0.632 bits per heavy atom. The van der Waals surface area contributed by atoms with Gasteiger partial charge in [-0.25, -0.2) is 0 Å². The van der Waals surface area contributed by atoms with E-state index in [9.17, 15) is 0 Å². The first kappa shape index (κ1) is 18.7. The van der Waals surface area contributed by atoms with Crippen molar-refractivity contribution >= 4 is 0 Å². The molecule has 0 aromatic rings. The van der Waals surface area contributed by atoms with Gasteiger partial charge in [0.1, 0.15) is 0 Å². The van der Waals surface area contributed by atoms with Gasteiger partial charge in [-0.3, -0.25) is 0 Å². The highest BCUT2D eigenvalue weighted by atomic mass is 15.0. The Kier molecular flexibility index (Phi) is 15.5. The van der Waals surface area contributed by atoms with Crippen molar-refractivity contribution in [3.8, 4) is 0 Å². The molecule has 19 heavy (non-hydrogen) atoms. The third-order valence-corrected chi connectivity index (χ3v) is 3.63. The van der Waals surface area contributed by atoms with Gasteiger partial charge in [0.15, 0.2) is 0 Å². The molecular weight excluding hydrogens is 230 g/mol. The molecule has 0 heterocycles. The van der Waals surface area contributed by atoms with Crippen LogP contribution in [-0.4, -0.2) is 25.5 Å². The van der Waals surface area contributed by atoms with Gasteiger partial charge in [0.25, 0.3) is 0 Å². The lowest BCUT2D eigenvalue weighted by Crippen LogP contribution is -2.11. The summed E-state index contributed by atoms with van der Waals surface area (Å²) in [6.45, 7) is 3.46. The van der Waals surface area contributed by atoms with Gasteiger partial charge in [0.05, 0.1) is 0 Å². The highest BCUT2D eigenvalue weighted by molar-refractivity contribution is 4.81. The van der Waals surface area contributed by atoms with Crippen LogP contribution >= 0.6 is 0 Å². The smallest absolute Gasteiger partial charge is 0.000980 e. The molecule has 114 valence electrons. The Morgan fingerprint density at radius 2 is 1.11 bits per heavy atom. The maximum Gasteiger partial charge on any atom is 0.000980 e. The summed E-state index contributed by atoms with van der Waals surface area (Å²) >= 11 is 0. The Morgan fingerprint density at radius 3 is 1.63 bits per heavy atom.